The third kappa shape index (κ3) is 4.30. The van der Waals surface area contributed by atoms with E-state index >= 15 is 0 Å². The number of benzene rings is 2. The number of aromatic nitrogens is 1. The highest BCUT2D eigenvalue weighted by molar-refractivity contribution is 5.85. The second-order valence-corrected chi connectivity index (χ2v) is 7.89. The van der Waals surface area contributed by atoms with E-state index in [1.165, 1.54) is 25.3 Å². The fraction of sp³-hybridized carbons (Fsp3) is 0.240. The number of piperidine rings is 1. The van der Waals surface area contributed by atoms with Gasteiger partial charge in [0.25, 0.3) is 0 Å². The van der Waals surface area contributed by atoms with E-state index in [1.807, 2.05) is 11.0 Å². The molecule has 7 nitrogen and oxygen atoms in total. The van der Waals surface area contributed by atoms with Crippen molar-refractivity contribution in [2.24, 2.45) is 5.73 Å². The SMILES string of the molecule is COc1ccc(-c2cc(C#N)c(N3CCC(N)CC3)nc2-c2ccc(C#N)c(F)c2)cc1O. The number of rotatable bonds is 4. The Bertz CT molecular complexity index is 1290. The largest absolute Gasteiger partial charge is 0.504 e. The summed E-state index contributed by atoms with van der Waals surface area (Å²) in [5.41, 5.74) is 8.36. The van der Waals surface area contributed by atoms with E-state index in [4.69, 9.17) is 20.7 Å². The van der Waals surface area contributed by atoms with Crippen molar-refractivity contribution in [2.75, 3.05) is 25.1 Å². The molecule has 8 heteroatoms. The molecule has 1 aromatic heterocycles. The zero-order valence-corrected chi connectivity index (χ0v) is 18.0. The van der Waals surface area contributed by atoms with E-state index in [9.17, 15) is 14.8 Å². The molecule has 166 valence electrons. The zero-order valence-electron chi connectivity index (χ0n) is 18.0. The molecule has 0 spiro atoms. The van der Waals surface area contributed by atoms with E-state index in [1.54, 1.807) is 24.3 Å². The topological polar surface area (TPSA) is 119 Å². The molecule has 33 heavy (non-hydrogen) atoms. The zero-order chi connectivity index (χ0) is 23.5. The van der Waals surface area contributed by atoms with Gasteiger partial charge in [-0.25, -0.2) is 9.37 Å². The van der Waals surface area contributed by atoms with Crippen LogP contribution in [0.2, 0.25) is 0 Å². The quantitative estimate of drug-likeness (QED) is 0.627. The Kier molecular flexibility index (Phi) is 6.12. The van der Waals surface area contributed by atoms with Gasteiger partial charge in [0.1, 0.15) is 23.8 Å². The Balaban J connectivity index is 1.93. The number of nitrogens with two attached hydrogens (primary N) is 1. The summed E-state index contributed by atoms with van der Waals surface area (Å²) in [5.74, 6) is 0.0832. The number of hydrogen-bond donors (Lipinski definition) is 2. The molecule has 0 saturated carbocycles. The fourth-order valence-electron chi connectivity index (χ4n) is 3.99. The van der Waals surface area contributed by atoms with Gasteiger partial charge in [-0.3, -0.25) is 0 Å². The van der Waals surface area contributed by atoms with Crippen LogP contribution in [0.5, 0.6) is 11.5 Å². The van der Waals surface area contributed by atoms with E-state index in [-0.39, 0.29) is 17.4 Å². The highest BCUT2D eigenvalue weighted by Gasteiger charge is 2.23. The average Bonchev–Trinajstić information content (AvgIpc) is 2.83. The van der Waals surface area contributed by atoms with Crippen LogP contribution in [0.4, 0.5) is 10.2 Å². The van der Waals surface area contributed by atoms with Crippen LogP contribution in [0, 0.1) is 28.5 Å². The Labute approximate surface area is 191 Å². The summed E-state index contributed by atoms with van der Waals surface area (Å²) in [6.45, 7) is 1.32. The molecule has 3 N–H and O–H groups in total. The Morgan fingerprint density at radius 1 is 1.06 bits per heavy atom. The van der Waals surface area contributed by atoms with Crippen LogP contribution in [0.3, 0.4) is 0 Å². The predicted molar refractivity (Wildman–Crippen MR) is 122 cm³/mol. The molecule has 0 radical (unpaired) electrons. The molecule has 0 amide bonds. The maximum absolute atomic E-state index is 14.5. The molecule has 1 saturated heterocycles. The van der Waals surface area contributed by atoms with Gasteiger partial charge in [-0.15, -0.1) is 0 Å². The van der Waals surface area contributed by atoms with Crippen LogP contribution in [0.25, 0.3) is 22.4 Å². The van der Waals surface area contributed by atoms with E-state index < -0.39 is 5.82 Å². The summed E-state index contributed by atoms with van der Waals surface area (Å²) in [7, 11) is 1.45. The third-order valence-electron chi connectivity index (χ3n) is 5.81. The number of nitriles is 2. The van der Waals surface area contributed by atoms with Gasteiger partial charge in [-0.1, -0.05) is 12.1 Å². The van der Waals surface area contributed by atoms with Gasteiger partial charge in [0.2, 0.25) is 0 Å². The molecular formula is C25H22FN5O2. The molecule has 4 rings (SSSR count). The molecule has 0 aliphatic carbocycles. The van der Waals surface area contributed by atoms with E-state index in [0.717, 1.165) is 12.8 Å². The summed E-state index contributed by atoms with van der Waals surface area (Å²) in [5, 5.41) is 29.3. The smallest absolute Gasteiger partial charge is 0.160 e. The summed E-state index contributed by atoms with van der Waals surface area (Å²) >= 11 is 0. The molecule has 2 aromatic carbocycles. The van der Waals surface area contributed by atoms with Crippen molar-refractivity contribution in [3.05, 3.63) is 59.4 Å². The molecular weight excluding hydrogens is 421 g/mol. The number of hydrogen-bond acceptors (Lipinski definition) is 7. The number of methoxy groups -OCH3 is 1. The number of pyridine rings is 1. The van der Waals surface area contributed by atoms with Crippen molar-refractivity contribution < 1.29 is 14.2 Å². The fourth-order valence-corrected chi connectivity index (χ4v) is 3.99. The van der Waals surface area contributed by atoms with Crippen LogP contribution >= 0.6 is 0 Å². The number of anilines is 1. The van der Waals surface area contributed by atoms with Gasteiger partial charge in [-0.05, 0) is 48.7 Å². The monoisotopic (exact) mass is 443 g/mol. The standard InChI is InChI=1S/C25H22FN5O2/c1-33-23-5-4-15(12-22(23)32)20-10-18(14-28)25(31-8-6-19(29)7-9-31)30-24(20)16-2-3-17(13-27)21(26)11-16/h2-5,10-12,19,32H,6-9,29H2,1H3. The maximum atomic E-state index is 14.5. The van der Waals surface area contributed by atoms with Gasteiger partial charge < -0.3 is 20.5 Å². The minimum absolute atomic E-state index is 0.0683. The van der Waals surface area contributed by atoms with Crippen molar-refractivity contribution >= 4 is 5.82 Å². The number of phenols is 1. The van der Waals surface area contributed by atoms with Gasteiger partial charge in [-0.2, -0.15) is 10.5 Å². The second kappa shape index (κ2) is 9.15. The van der Waals surface area contributed by atoms with Crippen LogP contribution in [-0.2, 0) is 0 Å². The average molecular weight is 443 g/mol. The first-order valence-electron chi connectivity index (χ1n) is 10.5. The first-order chi connectivity index (χ1) is 15.9. The normalized spacial score (nSPS) is 13.9. The number of phenolic OH excluding ortho intramolecular Hbond substituents is 1. The third-order valence-corrected chi connectivity index (χ3v) is 5.81. The molecule has 0 unspecified atom stereocenters. The van der Waals surface area contributed by atoms with Crippen molar-refractivity contribution in [3.8, 4) is 46.0 Å². The lowest BCUT2D eigenvalue weighted by atomic mass is 9.96. The Hall–Kier alpha value is -4.14. The van der Waals surface area contributed by atoms with Gasteiger partial charge in [0.05, 0.1) is 23.9 Å². The van der Waals surface area contributed by atoms with Gasteiger partial charge in [0.15, 0.2) is 11.5 Å². The van der Waals surface area contributed by atoms with Crippen LogP contribution in [-0.4, -0.2) is 36.3 Å². The minimum Gasteiger partial charge on any atom is -0.504 e. The minimum atomic E-state index is -0.657. The van der Waals surface area contributed by atoms with Gasteiger partial charge >= 0.3 is 0 Å². The number of halogens is 1. The lowest BCUT2D eigenvalue weighted by Crippen LogP contribution is -2.40. The molecule has 3 aromatic rings. The molecule has 1 aliphatic rings. The second-order valence-electron chi connectivity index (χ2n) is 7.89. The van der Waals surface area contributed by atoms with Crippen LogP contribution in [0.15, 0.2) is 42.5 Å². The summed E-state index contributed by atoms with van der Waals surface area (Å²) in [6, 6.07) is 15.0. The van der Waals surface area contributed by atoms with Crippen molar-refractivity contribution in [2.45, 2.75) is 18.9 Å². The molecule has 0 atom stereocenters. The summed E-state index contributed by atoms with van der Waals surface area (Å²) < 4.78 is 19.6. The maximum Gasteiger partial charge on any atom is 0.160 e. The Morgan fingerprint density at radius 2 is 1.76 bits per heavy atom. The first kappa shape index (κ1) is 22.1. The lowest BCUT2D eigenvalue weighted by Gasteiger charge is -2.32. The molecule has 1 aliphatic heterocycles. The van der Waals surface area contributed by atoms with Crippen molar-refractivity contribution in [1.29, 1.82) is 10.5 Å². The van der Waals surface area contributed by atoms with Crippen LogP contribution in [0.1, 0.15) is 24.0 Å². The van der Waals surface area contributed by atoms with Gasteiger partial charge in [0, 0.05) is 30.3 Å². The molecule has 0 bridgehead atoms. The van der Waals surface area contributed by atoms with Crippen LogP contribution < -0.4 is 15.4 Å². The highest BCUT2D eigenvalue weighted by Crippen LogP contribution is 2.39. The summed E-state index contributed by atoms with van der Waals surface area (Å²) in [4.78, 5) is 6.82. The Morgan fingerprint density at radius 3 is 2.36 bits per heavy atom. The van der Waals surface area contributed by atoms with Crippen molar-refractivity contribution in [1.82, 2.24) is 4.98 Å². The molecule has 2 heterocycles. The van der Waals surface area contributed by atoms with Crippen molar-refractivity contribution in [3.63, 3.8) is 0 Å². The number of aromatic hydroxyl groups is 1. The predicted octanol–water partition coefficient (Wildman–Crippen LogP) is 3.94. The van der Waals surface area contributed by atoms with E-state index in [2.05, 4.69) is 6.07 Å². The number of nitrogens with zero attached hydrogens (tertiary/aromatic N) is 4. The van der Waals surface area contributed by atoms with E-state index in [0.29, 0.717) is 52.6 Å². The molecule has 1 fully saturated rings. The lowest BCUT2D eigenvalue weighted by molar-refractivity contribution is 0.373. The number of ether oxygens (including phenoxy) is 1. The summed E-state index contributed by atoms with van der Waals surface area (Å²) in [6.07, 6.45) is 1.56. The highest BCUT2D eigenvalue weighted by atomic mass is 19.1. The first-order valence-corrected chi connectivity index (χ1v) is 10.5.